The van der Waals surface area contributed by atoms with Crippen molar-refractivity contribution in [3.63, 3.8) is 0 Å². The fourth-order valence-electron chi connectivity index (χ4n) is 1.59. The lowest BCUT2D eigenvalue weighted by Gasteiger charge is -2.23. The van der Waals surface area contributed by atoms with Crippen LogP contribution in [0.3, 0.4) is 0 Å². The monoisotopic (exact) mass is 198 g/mol. The molecule has 4 heteroatoms. The van der Waals surface area contributed by atoms with E-state index in [0.29, 0.717) is 26.4 Å². The minimum atomic E-state index is -0.420. The van der Waals surface area contributed by atoms with Crippen molar-refractivity contribution in [1.82, 2.24) is 0 Å². The van der Waals surface area contributed by atoms with E-state index >= 15 is 0 Å². The van der Waals surface area contributed by atoms with Crippen LogP contribution in [-0.2, 0) is 19.0 Å². The van der Waals surface area contributed by atoms with Crippen LogP contribution in [0, 0.1) is 0 Å². The van der Waals surface area contributed by atoms with Gasteiger partial charge in [0.1, 0.15) is 6.10 Å². The first kappa shape index (κ1) is 9.68. The Bertz CT molecular complexity index is 241. The summed E-state index contributed by atoms with van der Waals surface area (Å²) < 4.78 is 15.6. The summed E-state index contributed by atoms with van der Waals surface area (Å²) in [5.74, 6) is 0.0180. The molecule has 2 heterocycles. The van der Waals surface area contributed by atoms with Crippen molar-refractivity contribution in [1.29, 1.82) is 0 Å². The summed E-state index contributed by atoms with van der Waals surface area (Å²) in [6.07, 6.45) is 2.84. The second-order valence-corrected chi connectivity index (χ2v) is 3.42. The maximum atomic E-state index is 11.8. The van der Waals surface area contributed by atoms with Crippen molar-refractivity contribution < 1.29 is 19.0 Å². The maximum Gasteiger partial charge on any atom is 0.192 e. The standard InChI is InChI=1S/C10H14O4/c11-10(8-2-1-3-12-6-8)9-7-13-4-5-14-9/h6,9H,1-5,7H2. The summed E-state index contributed by atoms with van der Waals surface area (Å²) in [7, 11) is 0. The van der Waals surface area contributed by atoms with Gasteiger partial charge < -0.3 is 14.2 Å². The Hall–Kier alpha value is -0.870. The molecule has 0 N–H and O–H groups in total. The van der Waals surface area contributed by atoms with Gasteiger partial charge >= 0.3 is 0 Å². The SMILES string of the molecule is O=C(C1=COCCC1)C1COCCO1. The summed E-state index contributed by atoms with van der Waals surface area (Å²) in [5.41, 5.74) is 0.728. The number of carbonyl (C=O) groups is 1. The lowest BCUT2D eigenvalue weighted by Crippen LogP contribution is -2.36. The molecular weight excluding hydrogens is 184 g/mol. The molecule has 2 aliphatic rings. The molecule has 0 aromatic rings. The van der Waals surface area contributed by atoms with Crippen LogP contribution in [0.15, 0.2) is 11.8 Å². The quantitative estimate of drug-likeness (QED) is 0.654. The zero-order valence-electron chi connectivity index (χ0n) is 8.03. The fraction of sp³-hybridized carbons (Fsp3) is 0.700. The molecule has 2 rings (SSSR count). The third kappa shape index (κ3) is 2.13. The van der Waals surface area contributed by atoms with Crippen molar-refractivity contribution in [3.05, 3.63) is 11.8 Å². The molecule has 14 heavy (non-hydrogen) atoms. The largest absolute Gasteiger partial charge is 0.501 e. The Kier molecular flexibility index (Phi) is 3.16. The summed E-state index contributed by atoms with van der Waals surface area (Å²) >= 11 is 0. The van der Waals surface area contributed by atoms with E-state index in [1.165, 1.54) is 0 Å². The van der Waals surface area contributed by atoms with Gasteiger partial charge in [0, 0.05) is 5.57 Å². The molecule has 2 aliphatic heterocycles. The molecule has 0 spiro atoms. The lowest BCUT2D eigenvalue weighted by atomic mass is 10.0. The molecule has 0 radical (unpaired) electrons. The molecule has 4 nitrogen and oxygen atoms in total. The highest BCUT2D eigenvalue weighted by atomic mass is 16.6. The first-order valence-electron chi connectivity index (χ1n) is 4.92. The minimum Gasteiger partial charge on any atom is -0.501 e. The number of Topliss-reactive ketones (excluding diaryl/α,β-unsaturated/α-hetero) is 1. The van der Waals surface area contributed by atoms with Gasteiger partial charge in [-0.25, -0.2) is 0 Å². The average molecular weight is 198 g/mol. The Morgan fingerprint density at radius 1 is 1.36 bits per heavy atom. The zero-order valence-corrected chi connectivity index (χ0v) is 8.03. The number of hydrogen-bond donors (Lipinski definition) is 0. The van der Waals surface area contributed by atoms with Gasteiger partial charge in [-0.15, -0.1) is 0 Å². The second-order valence-electron chi connectivity index (χ2n) is 3.42. The topological polar surface area (TPSA) is 44.8 Å². The predicted octanol–water partition coefficient (Wildman–Crippen LogP) is 0.665. The lowest BCUT2D eigenvalue weighted by molar-refractivity contribution is -0.142. The molecule has 78 valence electrons. The van der Waals surface area contributed by atoms with Crippen LogP contribution in [0.5, 0.6) is 0 Å². The van der Waals surface area contributed by atoms with Crippen LogP contribution in [-0.4, -0.2) is 38.3 Å². The Balaban J connectivity index is 1.95. The zero-order chi connectivity index (χ0) is 9.80. The van der Waals surface area contributed by atoms with E-state index in [-0.39, 0.29) is 5.78 Å². The van der Waals surface area contributed by atoms with Crippen LogP contribution in [0.1, 0.15) is 12.8 Å². The smallest absolute Gasteiger partial charge is 0.192 e. The van der Waals surface area contributed by atoms with E-state index in [1.54, 1.807) is 6.26 Å². The van der Waals surface area contributed by atoms with Gasteiger partial charge in [-0.1, -0.05) is 0 Å². The molecule has 1 unspecified atom stereocenters. The van der Waals surface area contributed by atoms with Gasteiger partial charge in [-0.3, -0.25) is 4.79 Å². The molecule has 0 saturated carbocycles. The van der Waals surface area contributed by atoms with Gasteiger partial charge in [0.05, 0.1) is 32.7 Å². The van der Waals surface area contributed by atoms with Gasteiger partial charge in [-0.2, -0.15) is 0 Å². The summed E-state index contributed by atoms with van der Waals surface area (Å²) in [4.78, 5) is 11.8. The molecular formula is C10H14O4. The summed E-state index contributed by atoms with van der Waals surface area (Å²) in [6.45, 7) is 2.17. The first-order chi connectivity index (χ1) is 6.88. The van der Waals surface area contributed by atoms with Crippen molar-refractivity contribution in [3.8, 4) is 0 Å². The van der Waals surface area contributed by atoms with Gasteiger partial charge in [0.2, 0.25) is 0 Å². The number of hydrogen-bond acceptors (Lipinski definition) is 4. The Labute approximate surface area is 82.8 Å². The second kappa shape index (κ2) is 4.57. The maximum absolute atomic E-state index is 11.8. The predicted molar refractivity (Wildman–Crippen MR) is 48.8 cm³/mol. The third-order valence-corrected chi connectivity index (χ3v) is 2.36. The normalized spacial score (nSPS) is 27.7. The molecule has 0 amide bonds. The average Bonchev–Trinajstić information content (AvgIpc) is 2.30. The highest BCUT2D eigenvalue weighted by Crippen LogP contribution is 2.16. The highest BCUT2D eigenvalue weighted by Gasteiger charge is 2.26. The van der Waals surface area contributed by atoms with Crippen molar-refractivity contribution >= 4 is 5.78 Å². The third-order valence-electron chi connectivity index (χ3n) is 2.36. The Morgan fingerprint density at radius 2 is 2.29 bits per heavy atom. The van der Waals surface area contributed by atoms with Crippen LogP contribution in [0.4, 0.5) is 0 Å². The fourth-order valence-corrected chi connectivity index (χ4v) is 1.59. The first-order valence-corrected chi connectivity index (χ1v) is 4.92. The Morgan fingerprint density at radius 3 is 2.93 bits per heavy atom. The van der Waals surface area contributed by atoms with Crippen molar-refractivity contribution in [2.24, 2.45) is 0 Å². The molecule has 0 aromatic heterocycles. The number of carbonyl (C=O) groups excluding carboxylic acids is 1. The molecule has 1 atom stereocenters. The highest BCUT2D eigenvalue weighted by molar-refractivity contribution is 5.98. The molecule has 0 bridgehead atoms. The molecule has 1 saturated heterocycles. The van der Waals surface area contributed by atoms with Crippen LogP contribution >= 0.6 is 0 Å². The van der Waals surface area contributed by atoms with E-state index in [9.17, 15) is 4.79 Å². The van der Waals surface area contributed by atoms with Gasteiger partial charge in [0.25, 0.3) is 0 Å². The van der Waals surface area contributed by atoms with E-state index in [0.717, 1.165) is 18.4 Å². The molecule has 1 fully saturated rings. The molecule has 0 aromatic carbocycles. The van der Waals surface area contributed by atoms with Crippen molar-refractivity contribution in [2.75, 3.05) is 26.4 Å². The number of ether oxygens (including phenoxy) is 3. The summed E-state index contributed by atoms with van der Waals surface area (Å²) in [5, 5.41) is 0. The minimum absolute atomic E-state index is 0.0180. The van der Waals surface area contributed by atoms with Gasteiger partial charge in [0.15, 0.2) is 5.78 Å². The van der Waals surface area contributed by atoms with Crippen LogP contribution < -0.4 is 0 Å². The summed E-state index contributed by atoms with van der Waals surface area (Å²) in [6, 6.07) is 0. The number of rotatable bonds is 2. The van der Waals surface area contributed by atoms with E-state index < -0.39 is 6.10 Å². The van der Waals surface area contributed by atoms with Gasteiger partial charge in [-0.05, 0) is 12.8 Å². The van der Waals surface area contributed by atoms with E-state index in [4.69, 9.17) is 14.2 Å². The number of ketones is 1. The van der Waals surface area contributed by atoms with E-state index in [1.807, 2.05) is 0 Å². The van der Waals surface area contributed by atoms with Crippen LogP contribution in [0.25, 0.3) is 0 Å². The van der Waals surface area contributed by atoms with Crippen molar-refractivity contribution in [2.45, 2.75) is 18.9 Å². The molecule has 0 aliphatic carbocycles. The van der Waals surface area contributed by atoms with E-state index in [2.05, 4.69) is 0 Å². The van der Waals surface area contributed by atoms with Crippen LogP contribution in [0.2, 0.25) is 0 Å².